The number of hydrogen-bond acceptors (Lipinski definition) is 5. The summed E-state index contributed by atoms with van der Waals surface area (Å²) in [5.74, 6) is 0.802. The quantitative estimate of drug-likeness (QED) is 0.717. The minimum Gasteiger partial charge on any atom is -0.497 e. The van der Waals surface area contributed by atoms with Crippen molar-refractivity contribution in [1.29, 1.82) is 0 Å². The van der Waals surface area contributed by atoms with Crippen LogP contribution in [0.1, 0.15) is 46.2 Å². The van der Waals surface area contributed by atoms with E-state index in [0.717, 1.165) is 36.4 Å². The lowest BCUT2D eigenvalue weighted by Gasteiger charge is -2.26. The number of ether oxygens (including phenoxy) is 1. The van der Waals surface area contributed by atoms with Gasteiger partial charge in [0.15, 0.2) is 0 Å². The molecule has 3 aromatic rings. The molecule has 1 aliphatic heterocycles. The number of nitrogens with zero attached hydrogens (tertiary/aromatic N) is 3. The van der Waals surface area contributed by atoms with E-state index in [9.17, 15) is 4.79 Å². The zero-order valence-corrected chi connectivity index (χ0v) is 15.2. The average Bonchev–Trinajstić information content (AvgIpc) is 3.28. The molecule has 1 atom stereocenters. The summed E-state index contributed by atoms with van der Waals surface area (Å²) < 4.78 is 10.6. The molecule has 1 aliphatic rings. The van der Waals surface area contributed by atoms with Gasteiger partial charge in [-0.1, -0.05) is 17.3 Å². The van der Waals surface area contributed by atoms with E-state index in [1.165, 1.54) is 0 Å². The van der Waals surface area contributed by atoms with Crippen molar-refractivity contribution in [3.63, 3.8) is 0 Å². The lowest BCUT2D eigenvalue weighted by atomic mass is 10.0. The van der Waals surface area contributed by atoms with Crippen molar-refractivity contribution >= 4 is 17.0 Å². The second-order valence-corrected chi connectivity index (χ2v) is 6.69. The Morgan fingerprint density at radius 3 is 2.96 bits per heavy atom. The summed E-state index contributed by atoms with van der Waals surface area (Å²) in [6, 6.07) is 9.82. The van der Waals surface area contributed by atoms with Crippen molar-refractivity contribution < 1.29 is 14.1 Å². The third-order valence-corrected chi connectivity index (χ3v) is 4.97. The van der Waals surface area contributed by atoms with Gasteiger partial charge in [0.25, 0.3) is 11.6 Å². The number of rotatable bonds is 3. The highest BCUT2D eigenvalue weighted by Crippen LogP contribution is 2.35. The molecule has 0 N–H and O–H groups in total. The smallest absolute Gasteiger partial charge is 0.258 e. The minimum absolute atomic E-state index is 0.00267. The average molecular weight is 351 g/mol. The van der Waals surface area contributed by atoms with E-state index in [4.69, 9.17) is 9.26 Å². The summed E-state index contributed by atoms with van der Waals surface area (Å²) >= 11 is 0. The molecule has 134 valence electrons. The monoisotopic (exact) mass is 351 g/mol. The van der Waals surface area contributed by atoms with Crippen LogP contribution in [0, 0.1) is 13.8 Å². The number of carbonyl (C=O) groups is 1. The molecule has 6 heteroatoms. The van der Waals surface area contributed by atoms with Crippen molar-refractivity contribution in [3.8, 4) is 5.75 Å². The Balaban J connectivity index is 1.75. The third-order valence-electron chi connectivity index (χ3n) is 4.97. The van der Waals surface area contributed by atoms with Gasteiger partial charge in [-0.15, -0.1) is 0 Å². The van der Waals surface area contributed by atoms with Crippen LogP contribution in [0.4, 0.5) is 0 Å². The van der Waals surface area contributed by atoms with E-state index in [-0.39, 0.29) is 11.9 Å². The molecule has 3 heterocycles. The van der Waals surface area contributed by atoms with E-state index in [1.54, 1.807) is 7.11 Å². The molecular formula is C20H21N3O3. The van der Waals surface area contributed by atoms with Gasteiger partial charge in [-0.2, -0.15) is 0 Å². The Hall–Kier alpha value is -2.89. The number of pyridine rings is 1. The first-order valence-electron chi connectivity index (χ1n) is 8.77. The summed E-state index contributed by atoms with van der Waals surface area (Å²) in [5, 5.41) is 4.69. The molecule has 0 bridgehead atoms. The fourth-order valence-electron chi connectivity index (χ4n) is 3.75. The van der Waals surface area contributed by atoms with E-state index in [0.29, 0.717) is 22.4 Å². The summed E-state index contributed by atoms with van der Waals surface area (Å²) in [4.78, 5) is 19.7. The largest absolute Gasteiger partial charge is 0.497 e. The van der Waals surface area contributed by atoms with Gasteiger partial charge >= 0.3 is 0 Å². The van der Waals surface area contributed by atoms with E-state index >= 15 is 0 Å². The van der Waals surface area contributed by atoms with Gasteiger partial charge in [0.1, 0.15) is 5.75 Å². The molecule has 1 aromatic carbocycles. The molecule has 1 saturated heterocycles. The van der Waals surface area contributed by atoms with Gasteiger partial charge < -0.3 is 14.2 Å². The molecule has 6 nitrogen and oxygen atoms in total. The van der Waals surface area contributed by atoms with Crippen LogP contribution in [-0.4, -0.2) is 34.6 Å². The molecule has 0 aliphatic carbocycles. The van der Waals surface area contributed by atoms with Gasteiger partial charge in [0, 0.05) is 12.2 Å². The Morgan fingerprint density at radius 1 is 1.31 bits per heavy atom. The third kappa shape index (κ3) is 2.71. The fraction of sp³-hybridized carbons (Fsp3) is 0.350. The zero-order chi connectivity index (χ0) is 18.3. The molecule has 0 saturated carbocycles. The molecule has 2 aromatic heterocycles. The number of benzene rings is 1. The van der Waals surface area contributed by atoms with E-state index in [1.807, 2.05) is 43.0 Å². The maximum absolute atomic E-state index is 13.4. The number of carbonyl (C=O) groups excluding carboxylic acids is 1. The van der Waals surface area contributed by atoms with E-state index in [2.05, 4.69) is 16.2 Å². The predicted molar refractivity (Wildman–Crippen MR) is 97.3 cm³/mol. The van der Waals surface area contributed by atoms with Crippen LogP contribution in [0.25, 0.3) is 11.1 Å². The van der Waals surface area contributed by atoms with Crippen LogP contribution >= 0.6 is 0 Å². The maximum Gasteiger partial charge on any atom is 0.258 e. The highest BCUT2D eigenvalue weighted by molar-refractivity contribution is 6.06. The number of methoxy groups -OCH3 is 1. The molecule has 1 amide bonds. The Bertz CT molecular complexity index is 980. The van der Waals surface area contributed by atoms with Crippen LogP contribution in [0.3, 0.4) is 0 Å². The summed E-state index contributed by atoms with van der Waals surface area (Å²) in [6.07, 6.45) is 1.91. The minimum atomic E-state index is -0.00267. The summed E-state index contributed by atoms with van der Waals surface area (Å²) in [5.41, 5.74) is 3.56. The van der Waals surface area contributed by atoms with E-state index < -0.39 is 0 Å². The highest BCUT2D eigenvalue weighted by atomic mass is 16.5. The van der Waals surface area contributed by atoms with Crippen LogP contribution in [0.2, 0.25) is 0 Å². The summed E-state index contributed by atoms with van der Waals surface area (Å²) in [7, 11) is 1.65. The highest BCUT2D eigenvalue weighted by Gasteiger charge is 2.32. The Kier molecular flexibility index (Phi) is 4.11. The topological polar surface area (TPSA) is 68.5 Å². The van der Waals surface area contributed by atoms with Crippen LogP contribution in [-0.2, 0) is 0 Å². The lowest BCUT2D eigenvalue weighted by molar-refractivity contribution is 0.0737. The van der Waals surface area contributed by atoms with Crippen LogP contribution in [0.15, 0.2) is 34.9 Å². The van der Waals surface area contributed by atoms with Gasteiger partial charge in [0.05, 0.1) is 29.8 Å². The normalized spacial score (nSPS) is 17.0. The number of fused-ring (bicyclic) bond motifs is 1. The Labute approximate surface area is 151 Å². The van der Waals surface area contributed by atoms with Crippen molar-refractivity contribution in [3.05, 3.63) is 52.8 Å². The predicted octanol–water partition coefficient (Wildman–Crippen LogP) is 3.83. The molecule has 4 rings (SSSR count). The van der Waals surface area contributed by atoms with Crippen molar-refractivity contribution in [2.45, 2.75) is 32.7 Å². The number of aromatic nitrogens is 2. The van der Waals surface area contributed by atoms with Gasteiger partial charge in [-0.05, 0) is 50.5 Å². The number of amides is 1. The first-order valence-corrected chi connectivity index (χ1v) is 8.77. The number of likely N-dealkylation sites (tertiary alicyclic amines) is 1. The van der Waals surface area contributed by atoms with Gasteiger partial charge in [-0.25, -0.2) is 4.98 Å². The number of hydrogen-bond donors (Lipinski definition) is 0. The fourth-order valence-corrected chi connectivity index (χ4v) is 3.75. The van der Waals surface area contributed by atoms with Crippen LogP contribution in [0.5, 0.6) is 5.75 Å². The first kappa shape index (κ1) is 16.6. The second-order valence-electron chi connectivity index (χ2n) is 6.69. The first-order chi connectivity index (χ1) is 12.6. The Morgan fingerprint density at radius 2 is 2.15 bits per heavy atom. The van der Waals surface area contributed by atoms with Crippen molar-refractivity contribution in [2.75, 3.05) is 13.7 Å². The van der Waals surface area contributed by atoms with Crippen molar-refractivity contribution in [2.24, 2.45) is 0 Å². The van der Waals surface area contributed by atoms with Gasteiger partial charge in [-0.3, -0.25) is 4.79 Å². The SMILES string of the molecule is COc1cccc([C@@H]2CCCN2C(=O)c2cc(C)nc3onc(C)c23)c1. The molecular weight excluding hydrogens is 330 g/mol. The van der Waals surface area contributed by atoms with Gasteiger partial charge in [0.2, 0.25) is 0 Å². The standard InChI is InChI=1S/C20H21N3O3/c1-12-10-16(18-13(2)22-26-19(18)21-12)20(24)23-9-5-8-17(23)14-6-4-7-15(11-14)25-3/h4,6-7,10-11,17H,5,8-9H2,1-3H3/t17-/m0/s1. The van der Waals surface area contributed by atoms with Crippen LogP contribution < -0.4 is 4.74 Å². The zero-order valence-electron chi connectivity index (χ0n) is 15.2. The lowest BCUT2D eigenvalue weighted by Crippen LogP contribution is -2.31. The second kappa shape index (κ2) is 6.44. The molecule has 26 heavy (non-hydrogen) atoms. The molecule has 0 unspecified atom stereocenters. The summed E-state index contributed by atoms with van der Waals surface area (Å²) in [6.45, 7) is 4.43. The van der Waals surface area contributed by atoms with Crippen molar-refractivity contribution in [1.82, 2.24) is 15.0 Å². The molecule has 1 fully saturated rings. The number of aryl methyl sites for hydroxylation is 2. The molecule has 0 radical (unpaired) electrons. The maximum atomic E-state index is 13.4. The molecule has 0 spiro atoms.